The van der Waals surface area contributed by atoms with Gasteiger partial charge in [0.15, 0.2) is 23.0 Å². The predicted octanol–water partition coefficient (Wildman–Crippen LogP) is 4.83. The number of hydrogen-bond donors (Lipinski definition) is 1. The molecule has 1 heterocycles. The molecule has 1 amide bonds. The van der Waals surface area contributed by atoms with Gasteiger partial charge in [0.2, 0.25) is 0 Å². The SMILES string of the molecule is CCOc1ccc(CCNC(=O)c2ccc(OCc3cccnc3)c(OCC)c2)cc1OCC. The van der Waals surface area contributed by atoms with Crippen LogP contribution in [0.3, 0.4) is 0 Å². The zero-order chi connectivity index (χ0) is 24.2. The topological polar surface area (TPSA) is 78.9 Å². The summed E-state index contributed by atoms with van der Waals surface area (Å²) in [4.78, 5) is 16.8. The summed E-state index contributed by atoms with van der Waals surface area (Å²) < 4.78 is 22.9. The van der Waals surface area contributed by atoms with Crippen LogP contribution in [-0.4, -0.2) is 37.3 Å². The molecule has 7 heteroatoms. The van der Waals surface area contributed by atoms with E-state index in [-0.39, 0.29) is 5.91 Å². The molecule has 0 unspecified atom stereocenters. The summed E-state index contributed by atoms with van der Waals surface area (Å²) in [6.07, 6.45) is 4.14. The molecule has 0 aliphatic rings. The van der Waals surface area contributed by atoms with Gasteiger partial charge in [-0.15, -0.1) is 0 Å². The van der Waals surface area contributed by atoms with Gasteiger partial charge in [-0.1, -0.05) is 12.1 Å². The van der Waals surface area contributed by atoms with Crippen LogP contribution in [0.5, 0.6) is 23.0 Å². The number of carbonyl (C=O) groups is 1. The maximum atomic E-state index is 12.7. The molecule has 0 saturated carbocycles. The summed E-state index contributed by atoms with van der Waals surface area (Å²) in [6, 6.07) is 14.9. The number of aromatic nitrogens is 1. The van der Waals surface area contributed by atoms with Gasteiger partial charge in [-0.05, 0) is 69.2 Å². The third kappa shape index (κ3) is 7.13. The number of amides is 1. The van der Waals surface area contributed by atoms with Crippen LogP contribution >= 0.6 is 0 Å². The molecule has 3 aromatic rings. The Morgan fingerprint density at radius 2 is 1.47 bits per heavy atom. The molecule has 1 aromatic heterocycles. The quantitative estimate of drug-likeness (QED) is 0.390. The van der Waals surface area contributed by atoms with E-state index in [0.29, 0.717) is 56.5 Å². The molecule has 34 heavy (non-hydrogen) atoms. The molecule has 0 radical (unpaired) electrons. The van der Waals surface area contributed by atoms with Gasteiger partial charge in [-0.2, -0.15) is 0 Å². The third-order valence-electron chi connectivity index (χ3n) is 4.93. The minimum atomic E-state index is -0.171. The second-order valence-corrected chi connectivity index (χ2v) is 7.40. The van der Waals surface area contributed by atoms with E-state index in [1.54, 1.807) is 30.6 Å². The van der Waals surface area contributed by atoms with Crippen molar-refractivity contribution in [1.29, 1.82) is 0 Å². The zero-order valence-electron chi connectivity index (χ0n) is 20.0. The molecule has 0 atom stereocenters. The van der Waals surface area contributed by atoms with Crippen molar-refractivity contribution in [3.05, 3.63) is 77.6 Å². The summed E-state index contributed by atoms with van der Waals surface area (Å²) in [6.45, 7) is 8.23. The van der Waals surface area contributed by atoms with Gasteiger partial charge in [0.1, 0.15) is 6.61 Å². The number of ether oxygens (including phenoxy) is 4. The highest BCUT2D eigenvalue weighted by Crippen LogP contribution is 2.30. The van der Waals surface area contributed by atoms with Crippen LogP contribution in [0.25, 0.3) is 0 Å². The smallest absolute Gasteiger partial charge is 0.251 e. The fraction of sp³-hybridized carbons (Fsp3) is 0.333. The summed E-state index contributed by atoms with van der Waals surface area (Å²) in [5.74, 6) is 2.39. The van der Waals surface area contributed by atoms with E-state index < -0.39 is 0 Å². The largest absolute Gasteiger partial charge is 0.490 e. The lowest BCUT2D eigenvalue weighted by molar-refractivity contribution is 0.0953. The van der Waals surface area contributed by atoms with E-state index >= 15 is 0 Å². The van der Waals surface area contributed by atoms with E-state index in [0.717, 1.165) is 22.6 Å². The highest BCUT2D eigenvalue weighted by Gasteiger charge is 2.12. The molecule has 1 N–H and O–H groups in total. The lowest BCUT2D eigenvalue weighted by Crippen LogP contribution is -2.25. The molecule has 0 spiro atoms. The Bertz CT molecular complexity index is 1060. The first-order valence-electron chi connectivity index (χ1n) is 11.6. The third-order valence-corrected chi connectivity index (χ3v) is 4.93. The first kappa shape index (κ1) is 24.9. The Hall–Kier alpha value is -3.74. The molecule has 0 saturated heterocycles. The summed E-state index contributed by atoms with van der Waals surface area (Å²) in [7, 11) is 0. The van der Waals surface area contributed by atoms with Gasteiger partial charge in [0.05, 0.1) is 19.8 Å². The van der Waals surface area contributed by atoms with Crippen molar-refractivity contribution in [1.82, 2.24) is 10.3 Å². The van der Waals surface area contributed by atoms with Crippen molar-refractivity contribution in [2.24, 2.45) is 0 Å². The van der Waals surface area contributed by atoms with Crippen LogP contribution in [0.2, 0.25) is 0 Å². The number of nitrogens with zero attached hydrogens (tertiary/aromatic N) is 1. The van der Waals surface area contributed by atoms with Crippen molar-refractivity contribution >= 4 is 5.91 Å². The second kappa shape index (κ2) is 13.1. The number of carbonyl (C=O) groups excluding carboxylic acids is 1. The Balaban J connectivity index is 1.59. The number of benzene rings is 2. The van der Waals surface area contributed by atoms with Gasteiger partial charge < -0.3 is 24.3 Å². The summed E-state index contributed by atoms with van der Waals surface area (Å²) >= 11 is 0. The van der Waals surface area contributed by atoms with Crippen molar-refractivity contribution in [2.75, 3.05) is 26.4 Å². The van der Waals surface area contributed by atoms with E-state index in [9.17, 15) is 4.79 Å². The molecule has 7 nitrogen and oxygen atoms in total. The monoisotopic (exact) mass is 464 g/mol. The molecule has 0 aliphatic heterocycles. The van der Waals surface area contributed by atoms with E-state index in [1.807, 2.05) is 51.1 Å². The molecule has 0 bridgehead atoms. The molecular formula is C27H32N2O5. The maximum Gasteiger partial charge on any atom is 0.251 e. The minimum absolute atomic E-state index is 0.171. The van der Waals surface area contributed by atoms with Crippen LogP contribution in [0, 0.1) is 0 Å². The van der Waals surface area contributed by atoms with Crippen molar-refractivity contribution in [3.63, 3.8) is 0 Å². The van der Waals surface area contributed by atoms with E-state index in [2.05, 4.69) is 10.3 Å². The molecule has 0 aliphatic carbocycles. The van der Waals surface area contributed by atoms with E-state index in [1.165, 1.54) is 0 Å². The highest BCUT2D eigenvalue weighted by atomic mass is 16.5. The Morgan fingerprint density at radius 1 is 0.794 bits per heavy atom. The minimum Gasteiger partial charge on any atom is -0.490 e. The lowest BCUT2D eigenvalue weighted by atomic mass is 10.1. The number of hydrogen-bond acceptors (Lipinski definition) is 6. The normalized spacial score (nSPS) is 10.4. The van der Waals surface area contributed by atoms with Crippen LogP contribution in [0.1, 0.15) is 42.3 Å². The first-order chi connectivity index (χ1) is 16.6. The van der Waals surface area contributed by atoms with Gasteiger partial charge in [0, 0.05) is 30.1 Å². The van der Waals surface area contributed by atoms with Crippen molar-refractivity contribution in [2.45, 2.75) is 33.8 Å². The van der Waals surface area contributed by atoms with Crippen LogP contribution in [-0.2, 0) is 13.0 Å². The summed E-state index contributed by atoms with van der Waals surface area (Å²) in [5, 5.41) is 2.97. The fourth-order valence-corrected chi connectivity index (χ4v) is 3.35. The van der Waals surface area contributed by atoms with Crippen LogP contribution in [0.15, 0.2) is 60.9 Å². The first-order valence-corrected chi connectivity index (χ1v) is 11.6. The van der Waals surface area contributed by atoms with Gasteiger partial charge in [-0.25, -0.2) is 0 Å². The van der Waals surface area contributed by atoms with Gasteiger partial charge in [0.25, 0.3) is 5.91 Å². The maximum absolute atomic E-state index is 12.7. The molecule has 2 aromatic carbocycles. The van der Waals surface area contributed by atoms with Gasteiger partial charge >= 0.3 is 0 Å². The van der Waals surface area contributed by atoms with Crippen molar-refractivity contribution in [3.8, 4) is 23.0 Å². The lowest BCUT2D eigenvalue weighted by Gasteiger charge is -2.14. The average molecular weight is 465 g/mol. The molecule has 0 fully saturated rings. The zero-order valence-corrected chi connectivity index (χ0v) is 20.0. The number of rotatable bonds is 13. The molecule has 180 valence electrons. The van der Waals surface area contributed by atoms with Gasteiger partial charge in [-0.3, -0.25) is 9.78 Å². The van der Waals surface area contributed by atoms with Crippen molar-refractivity contribution < 1.29 is 23.7 Å². The molecule has 3 rings (SSSR count). The summed E-state index contributed by atoms with van der Waals surface area (Å²) in [5.41, 5.74) is 2.52. The van der Waals surface area contributed by atoms with Crippen LogP contribution < -0.4 is 24.3 Å². The Morgan fingerprint density at radius 3 is 2.18 bits per heavy atom. The molecular weight excluding hydrogens is 432 g/mol. The standard InChI is InChI=1S/C27H32N2O5/c1-4-31-23-11-9-20(16-25(23)32-5-2)13-15-29-27(30)22-10-12-24(26(17-22)33-6-3)34-19-21-8-7-14-28-18-21/h7-12,14,16-18H,4-6,13,15,19H2,1-3H3,(H,29,30). The Labute approximate surface area is 201 Å². The number of nitrogens with one attached hydrogen (secondary N) is 1. The Kier molecular flexibility index (Phi) is 9.58. The highest BCUT2D eigenvalue weighted by molar-refractivity contribution is 5.94. The fourth-order valence-electron chi connectivity index (χ4n) is 3.35. The number of pyridine rings is 1. The second-order valence-electron chi connectivity index (χ2n) is 7.40. The average Bonchev–Trinajstić information content (AvgIpc) is 2.86. The van der Waals surface area contributed by atoms with Crippen LogP contribution in [0.4, 0.5) is 0 Å². The van der Waals surface area contributed by atoms with E-state index in [4.69, 9.17) is 18.9 Å². The predicted molar refractivity (Wildman–Crippen MR) is 131 cm³/mol.